The van der Waals surface area contributed by atoms with Gasteiger partial charge in [0, 0.05) is 10.5 Å². The summed E-state index contributed by atoms with van der Waals surface area (Å²) >= 11 is 3.33. The lowest BCUT2D eigenvalue weighted by atomic mass is 10.2. The van der Waals surface area contributed by atoms with Crippen LogP contribution in [0.4, 0.5) is 5.69 Å². The van der Waals surface area contributed by atoms with Gasteiger partial charge in [0.2, 0.25) is 0 Å². The van der Waals surface area contributed by atoms with Crippen molar-refractivity contribution in [3.05, 3.63) is 52.5 Å². The van der Waals surface area contributed by atoms with E-state index in [2.05, 4.69) is 21.2 Å². The molecule has 25 heavy (non-hydrogen) atoms. The fourth-order valence-corrected chi connectivity index (χ4v) is 2.33. The van der Waals surface area contributed by atoms with Gasteiger partial charge in [0.15, 0.2) is 6.61 Å². The molecule has 1 N–H and O–H groups in total. The predicted octanol–water partition coefficient (Wildman–Crippen LogP) is 3.19. The monoisotopic (exact) mass is 407 g/mol. The molecule has 0 spiro atoms. The normalized spacial score (nSPS) is 10.0. The molecule has 0 unspecified atom stereocenters. The number of ether oxygens (including phenoxy) is 3. The topological polar surface area (TPSA) is 73.9 Å². The summed E-state index contributed by atoms with van der Waals surface area (Å²) in [6.07, 6.45) is 0.100. The van der Waals surface area contributed by atoms with Crippen LogP contribution in [0.5, 0.6) is 11.5 Å². The molecule has 2 aromatic carbocycles. The van der Waals surface area contributed by atoms with Crippen LogP contribution in [-0.2, 0) is 20.7 Å². The van der Waals surface area contributed by atoms with Gasteiger partial charge in [0.25, 0.3) is 5.91 Å². The Labute approximate surface area is 154 Å². The van der Waals surface area contributed by atoms with Crippen LogP contribution in [0, 0.1) is 0 Å². The van der Waals surface area contributed by atoms with E-state index in [0.717, 1.165) is 10.0 Å². The Hall–Kier alpha value is -2.54. The number of benzene rings is 2. The van der Waals surface area contributed by atoms with Crippen LogP contribution in [-0.4, -0.2) is 32.7 Å². The van der Waals surface area contributed by atoms with Crippen molar-refractivity contribution >= 4 is 33.5 Å². The number of amides is 1. The first-order chi connectivity index (χ1) is 12.0. The number of esters is 1. The van der Waals surface area contributed by atoms with E-state index < -0.39 is 11.9 Å². The lowest BCUT2D eigenvalue weighted by Gasteiger charge is -2.12. The highest BCUT2D eigenvalue weighted by molar-refractivity contribution is 9.10. The Balaban J connectivity index is 1.88. The average Bonchev–Trinajstić information content (AvgIpc) is 2.62. The van der Waals surface area contributed by atoms with E-state index in [1.54, 1.807) is 18.2 Å². The standard InChI is InChI=1S/C18H18BrNO5/c1-23-14-7-8-16(24-2)15(10-14)20-17(21)11-25-18(22)9-12-3-5-13(19)6-4-12/h3-8,10H,9,11H2,1-2H3,(H,20,21). The van der Waals surface area contributed by atoms with Crippen molar-refractivity contribution in [3.8, 4) is 11.5 Å². The molecule has 0 aliphatic heterocycles. The molecule has 0 heterocycles. The first kappa shape index (κ1) is 18.8. The second kappa shape index (κ2) is 9.08. The second-order valence-electron chi connectivity index (χ2n) is 5.08. The van der Waals surface area contributed by atoms with E-state index in [4.69, 9.17) is 14.2 Å². The lowest BCUT2D eigenvalue weighted by Crippen LogP contribution is -2.22. The molecular weight excluding hydrogens is 390 g/mol. The number of rotatable bonds is 7. The summed E-state index contributed by atoms with van der Waals surface area (Å²) in [5.74, 6) is 0.115. The number of anilines is 1. The Kier molecular flexibility index (Phi) is 6.82. The summed E-state index contributed by atoms with van der Waals surface area (Å²) < 4.78 is 16.2. The van der Waals surface area contributed by atoms with Crippen molar-refractivity contribution in [2.45, 2.75) is 6.42 Å². The Morgan fingerprint density at radius 1 is 1.04 bits per heavy atom. The van der Waals surface area contributed by atoms with E-state index in [9.17, 15) is 9.59 Å². The maximum atomic E-state index is 12.0. The number of methoxy groups -OCH3 is 2. The molecule has 0 atom stereocenters. The third kappa shape index (κ3) is 5.79. The van der Waals surface area contributed by atoms with Gasteiger partial charge >= 0.3 is 5.97 Å². The van der Waals surface area contributed by atoms with Crippen LogP contribution >= 0.6 is 15.9 Å². The van der Waals surface area contributed by atoms with Gasteiger partial charge in [-0.2, -0.15) is 0 Å². The summed E-state index contributed by atoms with van der Waals surface area (Å²) in [5.41, 5.74) is 1.25. The van der Waals surface area contributed by atoms with Gasteiger partial charge in [0.05, 0.1) is 26.3 Å². The van der Waals surface area contributed by atoms with Crippen molar-refractivity contribution in [2.75, 3.05) is 26.1 Å². The summed E-state index contributed by atoms with van der Waals surface area (Å²) in [6.45, 7) is -0.379. The van der Waals surface area contributed by atoms with Crippen LogP contribution in [0.1, 0.15) is 5.56 Å². The predicted molar refractivity (Wildman–Crippen MR) is 97.0 cm³/mol. The van der Waals surface area contributed by atoms with Crippen molar-refractivity contribution in [1.29, 1.82) is 0 Å². The first-order valence-electron chi connectivity index (χ1n) is 7.43. The zero-order chi connectivity index (χ0) is 18.2. The minimum Gasteiger partial charge on any atom is -0.497 e. The Bertz CT molecular complexity index is 746. The quantitative estimate of drug-likeness (QED) is 0.713. The third-order valence-electron chi connectivity index (χ3n) is 3.31. The molecule has 0 fully saturated rings. The molecule has 0 aliphatic carbocycles. The number of nitrogens with one attached hydrogen (secondary N) is 1. The van der Waals surface area contributed by atoms with Crippen LogP contribution in [0.15, 0.2) is 46.9 Å². The zero-order valence-corrected chi connectivity index (χ0v) is 15.5. The number of hydrogen-bond donors (Lipinski definition) is 1. The van der Waals surface area contributed by atoms with Gasteiger partial charge in [-0.25, -0.2) is 0 Å². The molecule has 2 aromatic rings. The van der Waals surface area contributed by atoms with Crippen molar-refractivity contribution < 1.29 is 23.8 Å². The molecule has 6 nitrogen and oxygen atoms in total. The van der Waals surface area contributed by atoms with Crippen LogP contribution in [0.3, 0.4) is 0 Å². The Morgan fingerprint density at radius 3 is 2.40 bits per heavy atom. The van der Waals surface area contributed by atoms with Crippen LogP contribution in [0.2, 0.25) is 0 Å². The van der Waals surface area contributed by atoms with Crippen molar-refractivity contribution in [3.63, 3.8) is 0 Å². The molecule has 0 bridgehead atoms. The van der Waals surface area contributed by atoms with Gasteiger partial charge in [0.1, 0.15) is 11.5 Å². The fourth-order valence-electron chi connectivity index (χ4n) is 2.06. The number of hydrogen-bond acceptors (Lipinski definition) is 5. The van der Waals surface area contributed by atoms with Gasteiger partial charge in [-0.05, 0) is 29.8 Å². The van der Waals surface area contributed by atoms with E-state index >= 15 is 0 Å². The highest BCUT2D eigenvalue weighted by Crippen LogP contribution is 2.28. The van der Waals surface area contributed by atoms with Gasteiger partial charge < -0.3 is 19.5 Å². The second-order valence-corrected chi connectivity index (χ2v) is 5.99. The number of halogens is 1. The molecule has 0 aromatic heterocycles. The maximum absolute atomic E-state index is 12.0. The summed E-state index contributed by atoms with van der Waals surface area (Å²) in [6, 6.07) is 12.3. The van der Waals surface area contributed by atoms with Gasteiger partial charge in [-0.15, -0.1) is 0 Å². The number of carbonyl (C=O) groups is 2. The minimum absolute atomic E-state index is 0.100. The SMILES string of the molecule is COc1ccc(OC)c(NC(=O)COC(=O)Cc2ccc(Br)cc2)c1. The average molecular weight is 408 g/mol. The van der Waals surface area contributed by atoms with E-state index in [-0.39, 0.29) is 13.0 Å². The molecule has 1 amide bonds. The maximum Gasteiger partial charge on any atom is 0.310 e. The molecular formula is C18H18BrNO5. The van der Waals surface area contributed by atoms with Gasteiger partial charge in [-0.1, -0.05) is 28.1 Å². The largest absolute Gasteiger partial charge is 0.497 e. The van der Waals surface area contributed by atoms with E-state index in [1.165, 1.54) is 14.2 Å². The zero-order valence-electron chi connectivity index (χ0n) is 13.9. The highest BCUT2D eigenvalue weighted by atomic mass is 79.9. The molecule has 132 valence electrons. The van der Waals surface area contributed by atoms with Gasteiger partial charge in [-0.3, -0.25) is 9.59 Å². The van der Waals surface area contributed by atoms with E-state index in [0.29, 0.717) is 17.2 Å². The van der Waals surface area contributed by atoms with Crippen molar-refractivity contribution in [1.82, 2.24) is 0 Å². The number of carbonyl (C=O) groups excluding carboxylic acids is 2. The van der Waals surface area contributed by atoms with Crippen LogP contribution in [0.25, 0.3) is 0 Å². The molecule has 0 aliphatic rings. The lowest BCUT2D eigenvalue weighted by molar-refractivity contribution is -0.146. The molecule has 0 radical (unpaired) electrons. The first-order valence-corrected chi connectivity index (χ1v) is 8.23. The fraction of sp³-hybridized carbons (Fsp3) is 0.222. The van der Waals surface area contributed by atoms with Crippen LogP contribution < -0.4 is 14.8 Å². The van der Waals surface area contributed by atoms with Crippen molar-refractivity contribution in [2.24, 2.45) is 0 Å². The summed E-state index contributed by atoms with van der Waals surface area (Å²) in [4.78, 5) is 23.8. The molecule has 7 heteroatoms. The molecule has 0 saturated heterocycles. The smallest absolute Gasteiger partial charge is 0.310 e. The molecule has 0 saturated carbocycles. The summed E-state index contributed by atoms with van der Waals surface area (Å²) in [5, 5.41) is 2.64. The third-order valence-corrected chi connectivity index (χ3v) is 3.84. The Morgan fingerprint density at radius 2 is 1.76 bits per heavy atom. The summed E-state index contributed by atoms with van der Waals surface area (Å²) in [7, 11) is 3.02. The highest BCUT2D eigenvalue weighted by Gasteiger charge is 2.12. The molecule has 2 rings (SSSR count). The van der Waals surface area contributed by atoms with E-state index in [1.807, 2.05) is 24.3 Å². The minimum atomic E-state index is -0.477.